The van der Waals surface area contributed by atoms with Crippen LogP contribution in [0.25, 0.3) is 0 Å². The van der Waals surface area contributed by atoms with Crippen LogP contribution in [0.3, 0.4) is 0 Å². The van der Waals surface area contributed by atoms with Crippen LogP contribution in [-0.4, -0.2) is 28.1 Å². The van der Waals surface area contributed by atoms with Crippen molar-refractivity contribution in [2.75, 3.05) is 11.9 Å². The maximum absolute atomic E-state index is 8.59. The van der Waals surface area contributed by atoms with Crippen LogP contribution in [0.1, 0.15) is 5.56 Å². The Balaban J connectivity index is 2.24. The molecule has 2 rings (SSSR count). The van der Waals surface area contributed by atoms with Crippen LogP contribution < -0.4 is 10.6 Å². The molecule has 0 aliphatic heterocycles. The van der Waals surface area contributed by atoms with Gasteiger partial charge in [0, 0.05) is 18.3 Å². The topological polar surface area (TPSA) is 87.6 Å². The molecule has 2 aromatic rings. The van der Waals surface area contributed by atoms with Gasteiger partial charge in [-0.05, 0) is 24.3 Å². The zero-order valence-electron chi connectivity index (χ0n) is 10.2. The number of nitrogens with zero attached hydrogens (tertiary/aromatic N) is 4. The molecule has 0 saturated heterocycles. The van der Waals surface area contributed by atoms with Gasteiger partial charge >= 0.3 is 0 Å². The van der Waals surface area contributed by atoms with E-state index < -0.39 is 0 Å². The van der Waals surface area contributed by atoms with Crippen LogP contribution in [-0.2, 0) is 0 Å². The molecule has 0 radical (unpaired) electrons. The number of benzene rings is 1. The molecule has 0 amide bonds. The summed E-state index contributed by atoms with van der Waals surface area (Å²) >= 11 is 5.74. The lowest BCUT2D eigenvalue weighted by Crippen LogP contribution is -2.15. The summed E-state index contributed by atoms with van der Waals surface area (Å²) in [6, 6.07) is 7.14. The third-order valence-corrected chi connectivity index (χ3v) is 2.76. The maximum Gasteiger partial charge on any atom is 0.229 e. The van der Waals surface area contributed by atoms with Gasteiger partial charge in [-0.2, -0.15) is 0 Å². The molecule has 0 unspecified atom stereocenters. The predicted molar refractivity (Wildman–Crippen MR) is 74.1 cm³/mol. The lowest BCUT2D eigenvalue weighted by atomic mass is 10.2. The first-order chi connectivity index (χ1) is 9.11. The highest BCUT2D eigenvalue weighted by Gasteiger charge is 2.07. The molecule has 1 aromatic heterocycles. The van der Waals surface area contributed by atoms with Gasteiger partial charge in [0.2, 0.25) is 5.95 Å². The highest BCUT2D eigenvalue weighted by atomic mass is 35.5. The van der Waals surface area contributed by atoms with E-state index in [0.29, 0.717) is 16.5 Å². The Morgan fingerprint density at radius 1 is 1.26 bits per heavy atom. The number of hydrogen-bond acceptors (Lipinski definition) is 5. The fourth-order valence-corrected chi connectivity index (χ4v) is 1.61. The Labute approximate surface area is 115 Å². The molecule has 19 heavy (non-hydrogen) atoms. The summed E-state index contributed by atoms with van der Waals surface area (Å²) in [6.45, 7) is 0. The zero-order chi connectivity index (χ0) is 13.8. The lowest BCUT2D eigenvalue weighted by molar-refractivity contribution is 0.318. The fourth-order valence-electron chi connectivity index (χ4n) is 1.51. The van der Waals surface area contributed by atoms with Gasteiger partial charge in [0.1, 0.15) is 0 Å². The molecule has 0 atom stereocenters. The van der Waals surface area contributed by atoms with Crippen molar-refractivity contribution in [3.63, 3.8) is 0 Å². The average molecular weight is 278 g/mol. The largest absolute Gasteiger partial charge is 0.409 e. The van der Waals surface area contributed by atoms with E-state index in [1.54, 1.807) is 17.0 Å². The Morgan fingerprint density at radius 3 is 2.37 bits per heavy atom. The Kier molecular flexibility index (Phi) is 3.82. The Bertz CT molecular complexity index is 582. The van der Waals surface area contributed by atoms with Gasteiger partial charge in [-0.3, -0.25) is 0 Å². The summed E-state index contributed by atoms with van der Waals surface area (Å²) in [5.41, 5.74) is 7.00. The van der Waals surface area contributed by atoms with E-state index in [0.717, 1.165) is 5.69 Å². The van der Waals surface area contributed by atoms with E-state index in [1.807, 2.05) is 19.2 Å². The smallest absolute Gasteiger partial charge is 0.229 e. The summed E-state index contributed by atoms with van der Waals surface area (Å²) in [5.74, 6) is 0.595. The summed E-state index contributed by atoms with van der Waals surface area (Å²) in [7, 11) is 1.84. The summed E-state index contributed by atoms with van der Waals surface area (Å²) in [4.78, 5) is 10.0. The van der Waals surface area contributed by atoms with E-state index in [2.05, 4.69) is 15.1 Å². The molecule has 98 valence electrons. The number of halogens is 1. The van der Waals surface area contributed by atoms with Crippen molar-refractivity contribution < 1.29 is 5.21 Å². The van der Waals surface area contributed by atoms with Crippen LogP contribution in [0.15, 0.2) is 41.8 Å². The Hall–Kier alpha value is -2.34. The van der Waals surface area contributed by atoms with Crippen molar-refractivity contribution >= 4 is 29.1 Å². The van der Waals surface area contributed by atoms with Crippen LogP contribution >= 0.6 is 11.6 Å². The molecule has 3 N–H and O–H groups in total. The highest BCUT2D eigenvalue weighted by molar-refractivity contribution is 6.30. The molecular formula is C12H12ClN5O. The minimum absolute atomic E-state index is 0.0666. The van der Waals surface area contributed by atoms with Gasteiger partial charge in [0.15, 0.2) is 5.84 Å². The second kappa shape index (κ2) is 5.53. The molecule has 0 saturated carbocycles. The molecule has 7 heteroatoms. The lowest BCUT2D eigenvalue weighted by Gasteiger charge is -2.17. The van der Waals surface area contributed by atoms with Gasteiger partial charge in [-0.25, -0.2) is 9.97 Å². The fraction of sp³-hybridized carbons (Fsp3) is 0.0833. The van der Waals surface area contributed by atoms with Crippen LogP contribution in [0, 0.1) is 0 Å². The van der Waals surface area contributed by atoms with E-state index in [4.69, 9.17) is 22.5 Å². The minimum atomic E-state index is 0.0666. The third kappa shape index (κ3) is 2.92. The third-order valence-electron chi connectivity index (χ3n) is 2.56. The zero-order valence-corrected chi connectivity index (χ0v) is 10.9. The molecule has 1 aromatic carbocycles. The number of nitrogens with two attached hydrogens (primary N) is 1. The number of anilines is 2. The van der Waals surface area contributed by atoms with Gasteiger partial charge in [-0.15, -0.1) is 0 Å². The maximum atomic E-state index is 8.59. The van der Waals surface area contributed by atoms with Crippen LogP contribution in [0.5, 0.6) is 0 Å². The van der Waals surface area contributed by atoms with Gasteiger partial charge in [0.05, 0.1) is 17.4 Å². The minimum Gasteiger partial charge on any atom is -0.409 e. The van der Waals surface area contributed by atoms with Crippen molar-refractivity contribution in [3.05, 3.63) is 47.2 Å². The standard InChI is InChI=1S/C12H12ClN5O/c1-18(12-15-6-9(13)7-16-12)10-4-2-8(3-5-10)11(14)17-19/h2-7,19H,1H3,(H2,14,17). The SMILES string of the molecule is CN(c1ccc(/C(N)=N/O)cc1)c1ncc(Cl)cn1. The monoisotopic (exact) mass is 277 g/mol. The first-order valence-corrected chi connectivity index (χ1v) is 5.79. The number of hydrogen-bond donors (Lipinski definition) is 2. The summed E-state index contributed by atoms with van der Waals surface area (Å²) in [6.07, 6.45) is 3.07. The number of oxime groups is 1. The average Bonchev–Trinajstić information content (AvgIpc) is 2.46. The molecular weight excluding hydrogens is 266 g/mol. The number of amidine groups is 1. The summed E-state index contributed by atoms with van der Waals surface area (Å²) in [5, 5.41) is 12.0. The van der Waals surface area contributed by atoms with Crippen LogP contribution in [0.4, 0.5) is 11.6 Å². The molecule has 6 nitrogen and oxygen atoms in total. The molecule has 0 spiro atoms. The Morgan fingerprint density at radius 2 is 1.84 bits per heavy atom. The first-order valence-electron chi connectivity index (χ1n) is 5.41. The molecule has 0 aliphatic rings. The first kappa shape index (κ1) is 13.1. The van der Waals surface area contributed by atoms with Crippen molar-refractivity contribution in [1.29, 1.82) is 0 Å². The van der Waals surface area contributed by atoms with E-state index >= 15 is 0 Å². The molecule has 0 aliphatic carbocycles. The van der Waals surface area contributed by atoms with Crippen LogP contribution in [0.2, 0.25) is 5.02 Å². The molecule has 0 fully saturated rings. The van der Waals surface area contributed by atoms with E-state index in [1.165, 1.54) is 12.4 Å². The van der Waals surface area contributed by atoms with Gasteiger partial charge < -0.3 is 15.8 Å². The van der Waals surface area contributed by atoms with E-state index in [-0.39, 0.29) is 5.84 Å². The van der Waals surface area contributed by atoms with Crippen molar-refractivity contribution in [3.8, 4) is 0 Å². The van der Waals surface area contributed by atoms with Crippen molar-refractivity contribution in [1.82, 2.24) is 9.97 Å². The molecule has 0 bridgehead atoms. The second-order valence-corrected chi connectivity index (χ2v) is 4.23. The highest BCUT2D eigenvalue weighted by Crippen LogP contribution is 2.20. The predicted octanol–water partition coefficient (Wildman–Crippen LogP) is 1.99. The molecule has 1 heterocycles. The van der Waals surface area contributed by atoms with Gasteiger partial charge in [0.25, 0.3) is 0 Å². The summed E-state index contributed by atoms with van der Waals surface area (Å²) < 4.78 is 0. The van der Waals surface area contributed by atoms with Crippen molar-refractivity contribution in [2.45, 2.75) is 0 Å². The number of rotatable bonds is 3. The quantitative estimate of drug-likeness (QED) is 0.388. The van der Waals surface area contributed by atoms with Crippen molar-refractivity contribution in [2.24, 2.45) is 10.9 Å². The normalized spacial score (nSPS) is 11.4. The van der Waals surface area contributed by atoms with Gasteiger partial charge in [-0.1, -0.05) is 16.8 Å². The second-order valence-electron chi connectivity index (χ2n) is 3.79. The number of aromatic nitrogens is 2. The van der Waals surface area contributed by atoms with E-state index in [9.17, 15) is 0 Å².